The van der Waals surface area contributed by atoms with Gasteiger partial charge in [0.05, 0.1) is 13.5 Å². The van der Waals surface area contributed by atoms with Crippen LogP contribution in [0.1, 0.15) is 19.3 Å². The highest BCUT2D eigenvalue weighted by Crippen LogP contribution is 2.35. The number of carbonyl (C=O) groups is 2. The van der Waals surface area contributed by atoms with E-state index in [4.69, 9.17) is 0 Å². The Balaban J connectivity index is 2.13. The van der Waals surface area contributed by atoms with Gasteiger partial charge in [-0.3, -0.25) is 9.59 Å². The van der Waals surface area contributed by atoms with Crippen molar-refractivity contribution in [2.45, 2.75) is 19.3 Å². The van der Waals surface area contributed by atoms with E-state index >= 15 is 0 Å². The first kappa shape index (κ1) is 10.9. The first-order valence-corrected chi connectivity index (χ1v) is 5.36. The number of amides is 1. The van der Waals surface area contributed by atoms with Crippen molar-refractivity contribution in [1.82, 2.24) is 4.90 Å². The Bertz CT molecular complexity index is 395. The van der Waals surface area contributed by atoms with Crippen molar-refractivity contribution in [2.24, 2.45) is 5.92 Å². The van der Waals surface area contributed by atoms with Crippen molar-refractivity contribution < 1.29 is 14.3 Å². The highest BCUT2D eigenvalue weighted by molar-refractivity contribution is 5.82. The van der Waals surface area contributed by atoms with Gasteiger partial charge in [0.1, 0.15) is 0 Å². The van der Waals surface area contributed by atoms with E-state index < -0.39 is 0 Å². The predicted octanol–water partition coefficient (Wildman–Crippen LogP) is 1.24. The third-order valence-corrected chi connectivity index (χ3v) is 3.17. The Labute approximate surface area is 94.6 Å². The number of likely N-dealkylation sites (tertiary alicyclic amines) is 1. The molecule has 86 valence electrons. The van der Waals surface area contributed by atoms with Crippen LogP contribution in [0.25, 0.3) is 0 Å². The molecule has 1 fully saturated rings. The van der Waals surface area contributed by atoms with Crippen LogP contribution in [0.3, 0.4) is 0 Å². The molecule has 0 N–H and O–H groups in total. The summed E-state index contributed by atoms with van der Waals surface area (Å²) in [6.07, 6.45) is 5.68. The van der Waals surface area contributed by atoms with Gasteiger partial charge in [0.25, 0.3) is 0 Å². The van der Waals surface area contributed by atoms with E-state index in [1.54, 1.807) is 11.9 Å². The van der Waals surface area contributed by atoms with Crippen molar-refractivity contribution in [3.05, 3.63) is 23.4 Å². The summed E-state index contributed by atoms with van der Waals surface area (Å²) in [5.41, 5.74) is 1.98. The largest absolute Gasteiger partial charge is 0.469 e. The number of ether oxygens (including phenoxy) is 1. The summed E-state index contributed by atoms with van der Waals surface area (Å²) in [5, 5.41) is 0. The predicted molar refractivity (Wildman–Crippen MR) is 58.3 cm³/mol. The van der Waals surface area contributed by atoms with Crippen molar-refractivity contribution in [1.29, 1.82) is 0 Å². The fourth-order valence-corrected chi connectivity index (χ4v) is 2.19. The van der Waals surface area contributed by atoms with Crippen LogP contribution in [0.5, 0.6) is 0 Å². The van der Waals surface area contributed by atoms with Crippen LogP contribution in [-0.2, 0) is 14.3 Å². The summed E-state index contributed by atoms with van der Waals surface area (Å²) in [6, 6.07) is 0. The molecular weight excluding hydrogens is 206 g/mol. The Kier molecular flexibility index (Phi) is 2.81. The van der Waals surface area contributed by atoms with Gasteiger partial charge in [-0.05, 0) is 18.1 Å². The fraction of sp³-hybridized carbons (Fsp3) is 0.500. The molecule has 4 nitrogen and oxygen atoms in total. The van der Waals surface area contributed by atoms with Gasteiger partial charge in [-0.15, -0.1) is 0 Å². The van der Waals surface area contributed by atoms with Gasteiger partial charge < -0.3 is 9.64 Å². The van der Waals surface area contributed by atoms with E-state index in [9.17, 15) is 9.59 Å². The van der Waals surface area contributed by atoms with Crippen LogP contribution in [0, 0.1) is 5.92 Å². The number of nitrogens with zero attached hydrogens (tertiary/aromatic N) is 1. The summed E-state index contributed by atoms with van der Waals surface area (Å²) in [5.74, 6) is 0.219. The number of rotatable bonds is 2. The van der Waals surface area contributed by atoms with Crippen molar-refractivity contribution >= 4 is 11.9 Å². The Hall–Kier alpha value is -1.58. The molecule has 1 saturated heterocycles. The highest BCUT2D eigenvalue weighted by atomic mass is 16.5. The van der Waals surface area contributed by atoms with E-state index in [0.717, 1.165) is 17.7 Å². The zero-order chi connectivity index (χ0) is 11.7. The second kappa shape index (κ2) is 4.12. The molecule has 0 radical (unpaired) electrons. The molecule has 16 heavy (non-hydrogen) atoms. The standard InChI is InChI=1S/C12H15NO3/c1-13-10-5-8(6-12(15)16-2)3-4-9(10)7-11(13)14/h3,5,9H,4,6-7H2,1-2H3. The number of esters is 1. The minimum atomic E-state index is -0.242. The lowest BCUT2D eigenvalue weighted by molar-refractivity contribution is -0.139. The molecule has 1 aliphatic carbocycles. The van der Waals surface area contributed by atoms with Crippen molar-refractivity contribution in [3.63, 3.8) is 0 Å². The van der Waals surface area contributed by atoms with E-state index in [1.165, 1.54) is 7.11 Å². The van der Waals surface area contributed by atoms with Crippen LogP contribution in [0.15, 0.2) is 23.4 Å². The van der Waals surface area contributed by atoms with Gasteiger partial charge in [-0.25, -0.2) is 0 Å². The molecular formula is C12H15NO3. The SMILES string of the molecule is COC(=O)CC1=CCC2CC(=O)N(C)C2=C1. The maximum absolute atomic E-state index is 11.5. The average molecular weight is 221 g/mol. The lowest BCUT2D eigenvalue weighted by Gasteiger charge is -2.19. The van der Waals surface area contributed by atoms with Gasteiger partial charge in [0.15, 0.2) is 0 Å². The molecule has 0 spiro atoms. The number of carbonyl (C=O) groups excluding carboxylic acids is 2. The normalized spacial score (nSPS) is 23.8. The van der Waals surface area contributed by atoms with Gasteiger partial charge >= 0.3 is 5.97 Å². The van der Waals surface area contributed by atoms with Crippen molar-refractivity contribution in [3.8, 4) is 0 Å². The van der Waals surface area contributed by atoms with Crippen LogP contribution in [0.4, 0.5) is 0 Å². The monoisotopic (exact) mass is 221 g/mol. The smallest absolute Gasteiger partial charge is 0.309 e. The summed E-state index contributed by atoms with van der Waals surface area (Å²) in [6.45, 7) is 0. The lowest BCUT2D eigenvalue weighted by Crippen LogP contribution is -2.18. The molecule has 2 aliphatic rings. The maximum Gasteiger partial charge on any atom is 0.309 e. The van der Waals surface area contributed by atoms with Crippen LogP contribution < -0.4 is 0 Å². The summed E-state index contributed by atoms with van der Waals surface area (Å²) in [7, 11) is 3.17. The minimum Gasteiger partial charge on any atom is -0.469 e. The molecule has 1 unspecified atom stereocenters. The summed E-state index contributed by atoms with van der Waals surface area (Å²) >= 11 is 0. The lowest BCUT2D eigenvalue weighted by atomic mass is 9.92. The zero-order valence-electron chi connectivity index (χ0n) is 9.53. The Morgan fingerprint density at radius 3 is 3.06 bits per heavy atom. The van der Waals surface area contributed by atoms with E-state index in [-0.39, 0.29) is 18.3 Å². The molecule has 1 aliphatic heterocycles. The molecule has 2 rings (SSSR count). The molecule has 1 heterocycles. The number of hydrogen-bond donors (Lipinski definition) is 0. The number of allylic oxidation sites excluding steroid dienone is 3. The van der Waals surface area contributed by atoms with E-state index in [1.807, 2.05) is 12.2 Å². The first-order chi connectivity index (χ1) is 7.61. The molecule has 0 aromatic carbocycles. The molecule has 4 heteroatoms. The van der Waals surface area contributed by atoms with E-state index in [2.05, 4.69) is 4.74 Å². The number of hydrogen-bond acceptors (Lipinski definition) is 3. The number of fused-ring (bicyclic) bond motifs is 1. The molecule has 1 amide bonds. The first-order valence-electron chi connectivity index (χ1n) is 5.36. The average Bonchev–Trinajstić information content (AvgIpc) is 2.55. The van der Waals surface area contributed by atoms with Crippen LogP contribution in [0.2, 0.25) is 0 Å². The summed E-state index contributed by atoms with van der Waals surface area (Å²) < 4.78 is 4.62. The number of methoxy groups -OCH3 is 1. The summed E-state index contributed by atoms with van der Waals surface area (Å²) in [4.78, 5) is 24.3. The Morgan fingerprint density at radius 1 is 1.62 bits per heavy atom. The van der Waals surface area contributed by atoms with Gasteiger partial charge in [-0.2, -0.15) is 0 Å². The fourth-order valence-electron chi connectivity index (χ4n) is 2.19. The van der Waals surface area contributed by atoms with Crippen molar-refractivity contribution in [2.75, 3.05) is 14.2 Å². The molecule has 0 bridgehead atoms. The molecule has 0 saturated carbocycles. The van der Waals surface area contributed by atoms with Crippen LogP contribution in [-0.4, -0.2) is 30.9 Å². The van der Waals surface area contributed by atoms with E-state index in [0.29, 0.717) is 12.3 Å². The van der Waals surface area contributed by atoms with Gasteiger partial charge in [-0.1, -0.05) is 6.08 Å². The van der Waals surface area contributed by atoms with Crippen LogP contribution >= 0.6 is 0 Å². The zero-order valence-corrected chi connectivity index (χ0v) is 9.53. The van der Waals surface area contributed by atoms with Gasteiger partial charge in [0.2, 0.25) is 5.91 Å². The maximum atomic E-state index is 11.5. The highest BCUT2D eigenvalue weighted by Gasteiger charge is 2.33. The second-order valence-corrected chi connectivity index (χ2v) is 4.19. The minimum absolute atomic E-state index is 0.156. The topological polar surface area (TPSA) is 46.6 Å². The quantitative estimate of drug-likeness (QED) is 0.659. The Morgan fingerprint density at radius 2 is 2.38 bits per heavy atom. The third-order valence-electron chi connectivity index (χ3n) is 3.17. The molecule has 1 atom stereocenters. The third kappa shape index (κ3) is 1.87. The molecule has 0 aromatic rings. The van der Waals surface area contributed by atoms with Gasteiger partial charge in [0, 0.05) is 25.1 Å². The molecule has 0 aromatic heterocycles. The second-order valence-electron chi connectivity index (χ2n) is 4.19.